The zero-order chi connectivity index (χ0) is 25.2. The smallest absolute Gasteiger partial charge is 0.261 e. The molecule has 0 saturated carbocycles. The Bertz CT molecular complexity index is 1090. The molecule has 0 saturated heterocycles. The largest absolute Gasteiger partial charge is 0.484 e. The highest BCUT2D eigenvalue weighted by Crippen LogP contribution is 2.18. The molecule has 0 aliphatic carbocycles. The Morgan fingerprint density at radius 1 is 0.971 bits per heavy atom. The lowest BCUT2D eigenvalue weighted by molar-refractivity contribution is -0.143. The van der Waals surface area contributed by atoms with Gasteiger partial charge in [0.05, 0.1) is 0 Å². The number of nitrogens with zero attached hydrogens (tertiary/aromatic N) is 1. The second-order valence-electron chi connectivity index (χ2n) is 8.41. The number of ether oxygens (including phenoxy) is 1. The van der Waals surface area contributed by atoms with Crippen LogP contribution in [0, 0.1) is 5.82 Å². The van der Waals surface area contributed by atoms with Gasteiger partial charge in [0.15, 0.2) is 6.61 Å². The molecule has 0 aromatic heterocycles. The lowest BCUT2D eigenvalue weighted by atomic mass is 10.0. The monoisotopic (exact) mass is 496 g/mol. The number of carbonyl (C=O) groups excluding carboxylic acids is 2. The van der Waals surface area contributed by atoms with Crippen LogP contribution in [0.25, 0.3) is 0 Å². The van der Waals surface area contributed by atoms with Crippen molar-refractivity contribution in [3.63, 3.8) is 0 Å². The first-order valence-corrected chi connectivity index (χ1v) is 12.0. The second-order valence-corrected chi connectivity index (χ2v) is 8.85. The van der Waals surface area contributed by atoms with Crippen molar-refractivity contribution in [3.8, 4) is 5.75 Å². The molecule has 0 bridgehead atoms. The van der Waals surface area contributed by atoms with E-state index in [0.717, 1.165) is 12.0 Å². The number of hydrogen-bond donors (Lipinski definition) is 1. The fourth-order valence-electron chi connectivity index (χ4n) is 3.54. The maximum atomic E-state index is 13.5. The fourth-order valence-corrected chi connectivity index (χ4v) is 3.67. The van der Waals surface area contributed by atoms with Gasteiger partial charge >= 0.3 is 0 Å². The Morgan fingerprint density at radius 3 is 2.26 bits per heavy atom. The van der Waals surface area contributed by atoms with E-state index in [1.807, 2.05) is 44.2 Å². The zero-order valence-electron chi connectivity index (χ0n) is 19.9. The lowest BCUT2D eigenvalue weighted by Gasteiger charge is -2.32. The van der Waals surface area contributed by atoms with Crippen LogP contribution in [0.15, 0.2) is 78.9 Å². The number of carbonyl (C=O) groups is 2. The third kappa shape index (κ3) is 8.11. The molecule has 35 heavy (non-hydrogen) atoms. The molecule has 3 aromatic carbocycles. The predicted molar refractivity (Wildman–Crippen MR) is 136 cm³/mol. The molecule has 2 amide bonds. The minimum Gasteiger partial charge on any atom is -0.484 e. The van der Waals surface area contributed by atoms with Gasteiger partial charge in [0.1, 0.15) is 17.6 Å². The molecular formula is C28H30ClFN2O3. The van der Waals surface area contributed by atoms with Crippen LogP contribution in [-0.2, 0) is 22.6 Å². The fraction of sp³-hybridized carbons (Fsp3) is 0.286. The minimum absolute atomic E-state index is 0.0473. The number of halogens is 2. The molecule has 7 heteroatoms. The van der Waals surface area contributed by atoms with E-state index in [-0.39, 0.29) is 36.8 Å². The number of benzene rings is 3. The highest BCUT2D eigenvalue weighted by Gasteiger charge is 2.31. The Labute approximate surface area is 210 Å². The van der Waals surface area contributed by atoms with E-state index in [9.17, 15) is 14.0 Å². The molecule has 3 aromatic rings. The summed E-state index contributed by atoms with van der Waals surface area (Å²) >= 11 is 5.93. The zero-order valence-corrected chi connectivity index (χ0v) is 20.7. The molecule has 3 rings (SSSR count). The van der Waals surface area contributed by atoms with E-state index in [1.54, 1.807) is 36.4 Å². The molecule has 0 heterocycles. The molecule has 0 spiro atoms. The van der Waals surface area contributed by atoms with Gasteiger partial charge in [-0.2, -0.15) is 0 Å². The summed E-state index contributed by atoms with van der Waals surface area (Å²) in [5.41, 5.74) is 1.63. The van der Waals surface area contributed by atoms with Crippen LogP contribution >= 0.6 is 11.6 Å². The molecule has 184 valence electrons. The van der Waals surface area contributed by atoms with E-state index < -0.39 is 6.04 Å². The normalized spacial score (nSPS) is 12.5. The van der Waals surface area contributed by atoms with E-state index in [0.29, 0.717) is 22.8 Å². The van der Waals surface area contributed by atoms with Crippen molar-refractivity contribution in [1.82, 2.24) is 10.2 Å². The summed E-state index contributed by atoms with van der Waals surface area (Å²) in [6, 6.07) is 21.3. The van der Waals surface area contributed by atoms with E-state index >= 15 is 0 Å². The first-order valence-electron chi connectivity index (χ1n) is 11.6. The van der Waals surface area contributed by atoms with Gasteiger partial charge in [-0.25, -0.2) is 4.39 Å². The molecule has 2 atom stereocenters. The maximum Gasteiger partial charge on any atom is 0.261 e. The highest BCUT2D eigenvalue weighted by atomic mass is 35.5. The van der Waals surface area contributed by atoms with Crippen LogP contribution in [-0.4, -0.2) is 35.4 Å². The predicted octanol–water partition coefficient (Wildman–Crippen LogP) is 5.41. The molecular weight excluding hydrogens is 467 g/mol. The van der Waals surface area contributed by atoms with Crippen molar-refractivity contribution >= 4 is 23.4 Å². The highest BCUT2D eigenvalue weighted by molar-refractivity contribution is 6.30. The number of rotatable bonds is 11. The molecule has 5 nitrogen and oxygen atoms in total. The second kappa shape index (κ2) is 12.9. The number of nitrogens with one attached hydrogen (secondary N) is 1. The van der Waals surface area contributed by atoms with Gasteiger partial charge in [0.2, 0.25) is 5.91 Å². The van der Waals surface area contributed by atoms with Gasteiger partial charge in [0.25, 0.3) is 5.91 Å². The molecule has 0 aliphatic heterocycles. The standard InChI is InChI=1S/C28H30ClFN2O3/c1-3-20(2)31-28(34)26(17-21-7-5-4-6-8-21)32(18-22-9-13-24(30)14-10-22)27(33)19-35-25-15-11-23(29)12-16-25/h4-16,20,26H,3,17-19H2,1-2H3,(H,31,34)/t20-,26+/m1/s1. The summed E-state index contributed by atoms with van der Waals surface area (Å²) in [5.74, 6) is -0.476. The Morgan fingerprint density at radius 2 is 1.63 bits per heavy atom. The number of hydrogen-bond acceptors (Lipinski definition) is 3. The number of amides is 2. The summed E-state index contributed by atoms with van der Waals surface area (Å²) in [7, 11) is 0. The van der Waals surface area contributed by atoms with Gasteiger partial charge in [-0.3, -0.25) is 9.59 Å². The van der Waals surface area contributed by atoms with E-state index in [4.69, 9.17) is 16.3 Å². The van der Waals surface area contributed by atoms with Gasteiger partial charge in [-0.1, -0.05) is 61.0 Å². The van der Waals surface area contributed by atoms with Crippen LogP contribution in [0.3, 0.4) is 0 Å². The third-order valence-electron chi connectivity index (χ3n) is 5.71. The average molecular weight is 497 g/mol. The quantitative estimate of drug-likeness (QED) is 0.386. The van der Waals surface area contributed by atoms with Crippen molar-refractivity contribution < 1.29 is 18.7 Å². The Hall–Kier alpha value is -3.38. The third-order valence-corrected chi connectivity index (χ3v) is 5.97. The van der Waals surface area contributed by atoms with Crippen molar-refractivity contribution in [2.45, 2.75) is 45.3 Å². The average Bonchev–Trinajstić information content (AvgIpc) is 2.87. The van der Waals surface area contributed by atoms with Gasteiger partial charge in [-0.05, 0) is 60.9 Å². The van der Waals surface area contributed by atoms with Crippen LogP contribution in [0.5, 0.6) is 5.75 Å². The van der Waals surface area contributed by atoms with Crippen LogP contribution < -0.4 is 10.1 Å². The van der Waals surface area contributed by atoms with Crippen molar-refractivity contribution in [1.29, 1.82) is 0 Å². The minimum atomic E-state index is -0.780. The summed E-state index contributed by atoms with van der Waals surface area (Å²) in [6.07, 6.45) is 1.09. The van der Waals surface area contributed by atoms with Gasteiger partial charge < -0.3 is 15.0 Å². The summed E-state index contributed by atoms with van der Waals surface area (Å²) in [5, 5.41) is 3.57. The Balaban J connectivity index is 1.89. The maximum absolute atomic E-state index is 13.5. The summed E-state index contributed by atoms with van der Waals surface area (Å²) in [4.78, 5) is 28.4. The lowest BCUT2D eigenvalue weighted by Crippen LogP contribution is -2.53. The molecule has 1 N–H and O–H groups in total. The van der Waals surface area contributed by atoms with Gasteiger partial charge in [-0.15, -0.1) is 0 Å². The van der Waals surface area contributed by atoms with Crippen LogP contribution in [0.2, 0.25) is 5.02 Å². The van der Waals surface area contributed by atoms with E-state index in [1.165, 1.54) is 17.0 Å². The molecule has 0 unspecified atom stereocenters. The van der Waals surface area contributed by atoms with Crippen molar-refractivity contribution in [3.05, 3.63) is 101 Å². The topological polar surface area (TPSA) is 58.6 Å². The summed E-state index contributed by atoms with van der Waals surface area (Å²) in [6.45, 7) is 3.78. The first-order chi connectivity index (χ1) is 16.9. The van der Waals surface area contributed by atoms with E-state index in [2.05, 4.69) is 5.32 Å². The Kier molecular flexibility index (Phi) is 9.67. The van der Waals surface area contributed by atoms with Crippen LogP contribution in [0.4, 0.5) is 4.39 Å². The van der Waals surface area contributed by atoms with Crippen LogP contribution in [0.1, 0.15) is 31.4 Å². The van der Waals surface area contributed by atoms with Gasteiger partial charge in [0, 0.05) is 24.0 Å². The van der Waals surface area contributed by atoms with Crippen molar-refractivity contribution in [2.75, 3.05) is 6.61 Å². The SMILES string of the molecule is CC[C@@H](C)NC(=O)[C@H](Cc1ccccc1)N(Cc1ccc(F)cc1)C(=O)COc1ccc(Cl)cc1. The van der Waals surface area contributed by atoms with Crippen molar-refractivity contribution in [2.24, 2.45) is 0 Å². The first kappa shape index (κ1) is 26.2. The molecule has 0 aliphatic rings. The molecule has 0 radical (unpaired) electrons. The molecule has 0 fully saturated rings. The summed E-state index contributed by atoms with van der Waals surface area (Å²) < 4.78 is 19.2.